The van der Waals surface area contributed by atoms with Crippen molar-refractivity contribution in [2.24, 2.45) is 17.8 Å². The highest BCUT2D eigenvalue weighted by atomic mass is 16.2. The van der Waals surface area contributed by atoms with Gasteiger partial charge in [0.15, 0.2) is 0 Å². The maximum absolute atomic E-state index is 12.5. The van der Waals surface area contributed by atoms with E-state index in [0.717, 1.165) is 63.3 Å². The van der Waals surface area contributed by atoms with Gasteiger partial charge < -0.3 is 10.2 Å². The summed E-state index contributed by atoms with van der Waals surface area (Å²) >= 11 is 0. The van der Waals surface area contributed by atoms with E-state index in [1.165, 1.54) is 6.42 Å². The lowest BCUT2D eigenvalue weighted by Gasteiger charge is -2.35. The summed E-state index contributed by atoms with van der Waals surface area (Å²) in [4.78, 5) is 26.9. The number of hydrogen-bond donors (Lipinski definition) is 1. The van der Waals surface area contributed by atoms with Crippen molar-refractivity contribution in [2.45, 2.75) is 77.3 Å². The second-order valence-electron chi connectivity index (χ2n) is 7.82. The van der Waals surface area contributed by atoms with Gasteiger partial charge in [-0.25, -0.2) is 0 Å². The molecule has 2 amide bonds. The molecule has 0 radical (unpaired) electrons. The maximum atomic E-state index is 12.5. The molecule has 1 aliphatic heterocycles. The zero-order valence-electron chi connectivity index (χ0n) is 14.0. The van der Waals surface area contributed by atoms with E-state index in [0.29, 0.717) is 6.04 Å². The van der Waals surface area contributed by atoms with Gasteiger partial charge in [-0.1, -0.05) is 13.8 Å². The number of amides is 2. The molecular formula is C18H30N2O2. The van der Waals surface area contributed by atoms with Crippen LogP contribution in [0.1, 0.15) is 65.2 Å². The van der Waals surface area contributed by atoms with Crippen LogP contribution in [0.3, 0.4) is 0 Å². The van der Waals surface area contributed by atoms with Gasteiger partial charge in [-0.3, -0.25) is 9.59 Å². The molecule has 1 unspecified atom stereocenters. The normalized spacial score (nSPS) is 33.1. The van der Waals surface area contributed by atoms with Crippen molar-refractivity contribution in [3.05, 3.63) is 0 Å². The maximum Gasteiger partial charge on any atom is 0.245 e. The van der Waals surface area contributed by atoms with E-state index in [9.17, 15) is 9.59 Å². The van der Waals surface area contributed by atoms with E-state index in [2.05, 4.69) is 19.2 Å². The van der Waals surface area contributed by atoms with E-state index < -0.39 is 0 Å². The fraction of sp³-hybridized carbons (Fsp3) is 0.889. The highest BCUT2D eigenvalue weighted by Crippen LogP contribution is 2.34. The van der Waals surface area contributed by atoms with Crippen LogP contribution in [0.5, 0.6) is 0 Å². The minimum atomic E-state index is -0.254. The van der Waals surface area contributed by atoms with Crippen LogP contribution in [-0.4, -0.2) is 35.3 Å². The summed E-state index contributed by atoms with van der Waals surface area (Å²) in [5.41, 5.74) is 0. The number of likely N-dealkylation sites (tertiary alicyclic amines) is 1. The minimum Gasteiger partial charge on any atom is -0.344 e. The SMILES string of the molecule is CC(C)C1CCC(C(=O)NC2CCN(C3CCC3)C2=O)CC1. The molecule has 3 aliphatic rings. The lowest BCUT2D eigenvalue weighted by molar-refractivity contribution is -0.136. The molecule has 3 rings (SSSR count). The largest absolute Gasteiger partial charge is 0.344 e. The van der Waals surface area contributed by atoms with E-state index in [4.69, 9.17) is 0 Å². The molecule has 0 spiro atoms. The first-order valence-electron chi connectivity index (χ1n) is 9.17. The summed E-state index contributed by atoms with van der Waals surface area (Å²) < 4.78 is 0. The quantitative estimate of drug-likeness (QED) is 0.868. The third kappa shape index (κ3) is 3.16. The first kappa shape index (κ1) is 15.8. The minimum absolute atomic E-state index is 0.121. The van der Waals surface area contributed by atoms with Gasteiger partial charge in [-0.2, -0.15) is 0 Å². The number of carbonyl (C=O) groups is 2. The standard InChI is InChI=1S/C18H30N2O2/c1-12(2)13-6-8-14(9-7-13)17(21)19-16-10-11-20(18(16)22)15-4-3-5-15/h12-16H,3-11H2,1-2H3,(H,19,21). The lowest BCUT2D eigenvalue weighted by atomic mass is 9.76. The smallest absolute Gasteiger partial charge is 0.245 e. The van der Waals surface area contributed by atoms with Gasteiger partial charge in [0.05, 0.1) is 0 Å². The monoisotopic (exact) mass is 306 g/mol. The number of rotatable bonds is 4. The van der Waals surface area contributed by atoms with Crippen molar-refractivity contribution in [1.82, 2.24) is 10.2 Å². The fourth-order valence-corrected chi connectivity index (χ4v) is 4.23. The van der Waals surface area contributed by atoms with Gasteiger partial charge in [0, 0.05) is 18.5 Å². The second-order valence-corrected chi connectivity index (χ2v) is 7.82. The van der Waals surface area contributed by atoms with Crippen LogP contribution in [0.15, 0.2) is 0 Å². The van der Waals surface area contributed by atoms with Gasteiger partial charge in [-0.05, 0) is 63.2 Å². The highest BCUT2D eigenvalue weighted by Gasteiger charge is 2.39. The predicted molar refractivity (Wildman–Crippen MR) is 86.2 cm³/mol. The number of hydrogen-bond acceptors (Lipinski definition) is 2. The van der Waals surface area contributed by atoms with Crippen LogP contribution in [0.2, 0.25) is 0 Å². The summed E-state index contributed by atoms with van der Waals surface area (Å²) in [5.74, 6) is 1.90. The molecule has 124 valence electrons. The lowest BCUT2D eigenvalue weighted by Crippen LogP contribution is -2.48. The van der Waals surface area contributed by atoms with Gasteiger partial charge in [-0.15, -0.1) is 0 Å². The van der Waals surface area contributed by atoms with Crippen LogP contribution in [-0.2, 0) is 9.59 Å². The molecule has 22 heavy (non-hydrogen) atoms. The summed E-state index contributed by atoms with van der Waals surface area (Å²) in [5, 5.41) is 3.05. The Morgan fingerprint density at radius 2 is 1.77 bits per heavy atom. The number of nitrogens with zero attached hydrogens (tertiary/aromatic N) is 1. The third-order valence-electron chi connectivity index (χ3n) is 6.16. The Hall–Kier alpha value is -1.06. The Labute approximate surface area is 134 Å². The van der Waals surface area contributed by atoms with Crippen molar-refractivity contribution >= 4 is 11.8 Å². The van der Waals surface area contributed by atoms with Crippen molar-refractivity contribution < 1.29 is 9.59 Å². The topological polar surface area (TPSA) is 49.4 Å². The molecule has 3 fully saturated rings. The van der Waals surface area contributed by atoms with Crippen LogP contribution < -0.4 is 5.32 Å². The first-order chi connectivity index (χ1) is 10.6. The molecule has 0 aromatic rings. The predicted octanol–water partition coefficient (Wildman–Crippen LogP) is 2.72. The molecular weight excluding hydrogens is 276 g/mol. The summed E-state index contributed by atoms with van der Waals surface area (Å²) in [6.07, 6.45) is 8.61. The van der Waals surface area contributed by atoms with Crippen LogP contribution >= 0.6 is 0 Å². The van der Waals surface area contributed by atoms with Crippen molar-refractivity contribution in [1.29, 1.82) is 0 Å². The van der Waals surface area contributed by atoms with Crippen LogP contribution in [0, 0.1) is 17.8 Å². The van der Waals surface area contributed by atoms with Crippen molar-refractivity contribution in [3.63, 3.8) is 0 Å². The fourth-order valence-electron chi connectivity index (χ4n) is 4.23. The average Bonchev–Trinajstić information content (AvgIpc) is 2.79. The van der Waals surface area contributed by atoms with E-state index in [1.807, 2.05) is 4.90 Å². The highest BCUT2D eigenvalue weighted by molar-refractivity contribution is 5.90. The Kier molecular flexibility index (Phi) is 4.74. The molecule has 1 N–H and O–H groups in total. The van der Waals surface area contributed by atoms with Gasteiger partial charge in [0.1, 0.15) is 6.04 Å². The Morgan fingerprint density at radius 1 is 1.09 bits per heavy atom. The zero-order valence-corrected chi connectivity index (χ0v) is 14.0. The molecule has 0 bridgehead atoms. The molecule has 1 atom stereocenters. The second kappa shape index (κ2) is 6.59. The molecule has 2 saturated carbocycles. The summed E-state index contributed by atoms with van der Waals surface area (Å²) in [6, 6.07) is 0.201. The molecule has 2 aliphatic carbocycles. The van der Waals surface area contributed by atoms with Crippen molar-refractivity contribution in [2.75, 3.05) is 6.54 Å². The molecule has 0 aromatic heterocycles. The summed E-state index contributed by atoms with van der Waals surface area (Å²) in [7, 11) is 0. The van der Waals surface area contributed by atoms with Crippen LogP contribution in [0.25, 0.3) is 0 Å². The molecule has 1 heterocycles. The molecule has 4 nitrogen and oxygen atoms in total. The van der Waals surface area contributed by atoms with Crippen molar-refractivity contribution in [3.8, 4) is 0 Å². The molecule has 1 saturated heterocycles. The van der Waals surface area contributed by atoms with Gasteiger partial charge in [0.25, 0.3) is 0 Å². The number of carbonyl (C=O) groups excluding carboxylic acids is 2. The average molecular weight is 306 g/mol. The Morgan fingerprint density at radius 3 is 2.32 bits per heavy atom. The van der Waals surface area contributed by atoms with Gasteiger partial charge >= 0.3 is 0 Å². The first-order valence-corrected chi connectivity index (χ1v) is 9.17. The van der Waals surface area contributed by atoms with E-state index in [-0.39, 0.29) is 23.8 Å². The molecule has 4 heteroatoms. The number of nitrogens with one attached hydrogen (secondary N) is 1. The summed E-state index contributed by atoms with van der Waals surface area (Å²) in [6.45, 7) is 5.38. The zero-order chi connectivity index (χ0) is 15.7. The van der Waals surface area contributed by atoms with Crippen LogP contribution in [0.4, 0.5) is 0 Å². The molecule has 0 aromatic carbocycles. The van der Waals surface area contributed by atoms with Gasteiger partial charge in [0.2, 0.25) is 11.8 Å². The Bertz CT molecular complexity index is 423. The Balaban J connectivity index is 1.47. The van der Waals surface area contributed by atoms with E-state index in [1.54, 1.807) is 0 Å². The third-order valence-corrected chi connectivity index (χ3v) is 6.16. The van der Waals surface area contributed by atoms with E-state index >= 15 is 0 Å².